The molecule has 1 fully saturated rings. The Morgan fingerprint density at radius 1 is 1.16 bits per heavy atom. The first-order valence-electron chi connectivity index (χ1n) is 11.1. The number of sulfonamides is 1. The van der Waals surface area contributed by atoms with Crippen LogP contribution in [0.15, 0.2) is 47.6 Å². The lowest BCUT2D eigenvalue weighted by Crippen LogP contribution is -2.35. The van der Waals surface area contributed by atoms with E-state index in [1.54, 1.807) is 28.8 Å². The summed E-state index contributed by atoms with van der Waals surface area (Å²) in [7, 11) is -3.58. The first-order chi connectivity index (χ1) is 15.5. The lowest BCUT2D eigenvalue weighted by Gasteiger charge is -2.28. The van der Waals surface area contributed by atoms with Crippen LogP contribution in [0.3, 0.4) is 0 Å². The van der Waals surface area contributed by atoms with Crippen molar-refractivity contribution in [3.8, 4) is 0 Å². The van der Waals surface area contributed by atoms with E-state index in [2.05, 4.69) is 15.2 Å². The second kappa shape index (κ2) is 11.7. The summed E-state index contributed by atoms with van der Waals surface area (Å²) >= 11 is 1.50. The molecule has 0 radical (unpaired) electrons. The Morgan fingerprint density at radius 3 is 2.56 bits per heavy atom. The van der Waals surface area contributed by atoms with Gasteiger partial charge in [0.15, 0.2) is 0 Å². The molecule has 9 heteroatoms. The molecule has 0 saturated carbocycles. The summed E-state index contributed by atoms with van der Waals surface area (Å²) in [6, 6.07) is 8.93. The van der Waals surface area contributed by atoms with Crippen molar-refractivity contribution in [3.63, 3.8) is 0 Å². The number of hydrogen-bond acceptors (Lipinski definition) is 6. The van der Waals surface area contributed by atoms with Crippen molar-refractivity contribution in [2.75, 3.05) is 42.1 Å². The largest absolute Gasteiger partial charge is 0.370 e. The van der Waals surface area contributed by atoms with Gasteiger partial charge >= 0.3 is 0 Å². The number of hydrogen-bond donors (Lipinski definition) is 1. The van der Waals surface area contributed by atoms with Gasteiger partial charge in [0.1, 0.15) is 0 Å². The van der Waals surface area contributed by atoms with Gasteiger partial charge in [0, 0.05) is 44.3 Å². The van der Waals surface area contributed by atoms with Crippen molar-refractivity contribution in [1.29, 1.82) is 0 Å². The van der Waals surface area contributed by atoms with Crippen molar-refractivity contribution in [2.45, 2.75) is 43.8 Å². The van der Waals surface area contributed by atoms with Gasteiger partial charge in [-0.2, -0.15) is 4.31 Å². The molecule has 0 unspecified atom stereocenters. The number of amides is 1. The Hall–Kier alpha value is -2.10. The molecule has 1 aliphatic heterocycles. The first kappa shape index (κ1) is 24.5. The molecule has 1 aliphatic rings. The van der Waals surface area contributed by atoms with E-state index in [0.29, 0.717) is 24.5 Å². The summed E-state index contributed by atoms with van der Waals surface area (Å²) in [6.07, 6.45) is 6.34. The first-order valence-corrected chi connectivity index (χ1v) is 13.7. The van der Waals surface area contributed by atoms with Crippen LogP contribution < -0.4 is 10.2 Å². The van der Waals surface area contributed by atoms with Crippen LogP contribution in [0.4, 0.5) is 11.4 Å². The normalized spacial score (nSPS) is 14.8. The summed E-state index contributed by atoms with van der Waals surface area (Å²) < 4.78 is 27.9. The van der Waals surface area contributed by atoms with Crippen LogP contribution in [0.1, 0.15) is 38.7 Å². The van der Waals surface area contributed by atoms with Crippen molar-refractivity contribution >= 4 is 39.1 Å². The van der Waals surface area contributed by atoms with Gasteiger partial charge in [0.2, 0.25) is 15.9 Å². The molecular formula is C23H32N4O3S2. The van der Waals surface area contributed by atoms with Crippen LogP contribution in [0.5, 0.6) is 0 Å². The van der Waals surface area contributed by atoms with Crippen molar-refractivity contribution < 1.29 is 13.2 Å². The summed E-state index contributed by atoms with van der Waals surface area (Å²) in [5.41, 5.74) is 2.43. The SMILES string of the molecule is CCN(CC)c1ccc(S(=O)(=O)N2CCCCC2)cc1NC(=O)CSCc1cccnc1. The van der Waals surface area contributed by atoms with Crippen LogP contribution in [-0.2, 0) is 20.6 Å². The number of carbonyl (C=O) groups excluding carboxylic acids is 1. The fourth-order valence-electron chi connectivity index (χ4n) is 3.80. The standard InChI is InChI=1S/C23H32N4O3S2/c1-3-26(4-2)22-11-10-20(32(29,30)27-13-6-5-7-14-27)15-21(22)25-23(28)18-31-17-19-9-8-12-24-16-19/h8-12,15-16H,3-7,13-14,17-18H2,1-2H3,(H,25,28). The number of pyridine rings is 1. The van der Waals surface area contributed by atoms with Crippen LogP contribution in [0.25, 0.3) is 0 Å². The quantitative estimate of drug-likeness (QED) is 0.559. The van der Waals surface area contributed by atoms with E-state index in [9.17, 15) is 13.2 Å². The molecule has 3 rings (SSSR count). The van der Waals surface area contributed by atoms with Gasteiger partial charge in [-0.15, -0.1) is 11.8 Å². The van der Waals surface area contributed by atoms with Crippen molar-refractivity contribution in [1.82, 2.24) is 9.29 Å². The molecule has 1 N–H and O–H groups in total. The molecule has 1 aromatic carbocycles. The van der Waals surface area contributed by atoms with Gasteiger partial charge in [-0.25, -0.2) is 8.42 Å². The average Bonchev–Trinajstić information content (AvgIpc) is 2.82. The molecule has 1 aromatic heterocycles. The van der Waals surface area contributed by atoms with E-state index in [1.165, 1.54) is 11.8 Å². The summed E-state index contributed by atoms with van der Waals surface area (Å²) in [6.45, 7) is 6.69. The third kappa shape index (κ3) is 6.24. The number of anilines is 2. The Bertz CT molecular complexity index is 990. The minimum atomic E-state index is -3.58. The molecule has 1 amide bonds. The highest BCUT2D eigenvalue weighted by atomic mass is 32.2. The summed E-state index contributed by atoms with van der Waals surface area (Å²) in [5, 5.41) is 2.96. The zero-order chi connectivity index (χ0) is 23.0. The topological polar surface area (TPSA) is 82.6 Å². The molecule has 0 spiro atoms. The maximum Gasteiger partial charge on any atom is 0.243 e. The van der Waals surface area contributed by atoms with E-state index in [4.69, 9.17) is 0 Å². The van der Waals surface area contributed by atoms with Crippen LogP contribution in [-0.4, -0.2) is 55.5 Å². The monoisotopic (exact) mass is 476 g/mol. The maximum absolute atomic E-state index is 13.2. The molecule has 2 aromatic rings. The van der Waals surface area contributed by atoms with E-state index in [1.807, 2.05) is 32.0 Å². The fraction of sp³-hybridized carbons (Fsp3) is 0.478. The molecule has 7 nitrogen and oxygen atoms in total. The molecule has 1 saturated heterocycles. The van der Waals surface area contributed by atoms with Crippen LogP contribution in [0.2, 0.25) is 0 Å². The van der Waals surface area contributed by atoms with Crippen molar-refractivity contribution in [3.05, 3.63) is 48.3 Å². The van der Waals surface area contributed by atoms with Crippen LogP contribution >= 0.6 is 11.8 Å². The maximum atomic E-state index is 13.2. The predicted molar refractivity (Wildman–Crippen MR) is 132 cm³/mol. The highest BCUT2D eigenvalue weighted by Crippen LogP contribution is 2.31. The zero-order valence-corrected chi connectivity index (χ0v) is 20.4. The van der Waals surface area contributed by atoms with Gasteiger partial charge in [-0.3, -0.25) is 9.78 Å². The predicted octanol–water partition coefficient (Wildman–Crippen LogP) is 3.97. The lowest BCUT2D eigenvalue weighted by atomic mass is 10.2. The van der Waals surface area contributed by atoms with E-state index < -0.39 is 10.0 Å². The second-order valence-corrected chi connectivity index (χ2v) is 10.6. The van der Waals surface area contributed by atoms with Gasteiger partial charge in [0.05, 0.1) is 22.0 Å². The minimum absolute atomic E-state index is 0.153. The van der Waals surface area contributed by atoms with E-state index in [0.717, 1.165) is 43.6 Å². The van der Waals surface area contributed by atoms with E-state index in [-0.39, 0.29) is 16.6 Å². The molecule has 2 heterocycles. The number of nitrogens with one attached hydrogen (secondary N) is 1. The molecule has 174 valence electrons. The van der Waals surface area contributed by atoms with Gasteiger partial charge in [0.25, 0.3) is 0 Å². The number of thioether (sulfide) groups is 1. The summed E-state index contributed by atoms with van der Waals surface area (Å²) in [4.78, 5) is 19.1. The second-order valence-electron chi connectivity index (χ2n) is 7.72. The number of carbonyl (C=O) groups is 1. The molecule has 0 atom stereocenters. The zero-order valence-electron chi connectivity index (χ0n) is 18.8. The Morgan fingerprint density at radius 2 is 1.91 bits per heavy atom. The Balaban J connectivity index is 1.77. The Labute approximate surface area is 195 Å². The highest BCUT2D eigenvalue weighted by molar-refractivity contribution is 7.99. The molecule has 32 heavy (non-hydrogen) atoms. The number of nitrogens with zero attached hydrogens (tertiary/aromatic N) is 3. The van der Waals surface area contributed by atoms with Crippen molar-refractivity contribution in [2.24, 2.45) is 0 Å². The fourth-order valence-corrected chi connectivity index (χ4v) is 6.11. The van der Waals surface area contributed by atoms with Gasteiger partial charge in [-0.05, 0) is 56.5 Å². The molecular weight excluding hydrogens is 444 g/mol. The van der Waals surface area contributed by atoms with Gasteiger partial charge < -0.3 is 10.2 Å². The summed E-state index contributed by atoms with van der Waals surface area (Å²) in [5.74, 6) is 0.809. The smallest absolute Gasteiger partial charge is 0.243 e. The number of piperidine rings is 1. The average molecular weight is 477 g/mol. The minimum Gasteiger partial charge on any atom is -0.370 e. The highest BCUT2D eigenvalue weighted by Gasteiger charge is 2.27. The molecule has 0 aliphatic carbocycles. The Kier molecular flexibility index (Phi) is 8.95. The number of aromatic nitrogens is 1. The van der Waals surface area contributed by atoms with E-state index >= 15 is 0 Å². The number of rotatable bonds is 10. The number of benzene rings is 1. The van der Waals surface area contributed by atoms with Gasteiger partial charge in [-0.1, -0.05) is 12.5 Å². The third-order valence-corrected chi connectivity index (χ3v) is 8.42. The van der Waals surface area contributed by atoms with Crippen LogP contribution in [0, 0.1) is 0 Å². The lowest BCUT2D eigenvalue weighted by molar-refractivity contribution is -0.113. The molecule has 0 bridgehead atoms. The third-order valence-electron chi connectivity index (χ3n) is 5.52.